The van der Waals surface area contributed by atoms with Gasteiger partial charge in [0.2, 0.25) is 0 Å². The molecule has 140 valence electrons. The topological polar surface area (TPSA) is 54.2 Å². The molecule has 0 unspecified atom stereocenters. The molecule has 5 nitrogen and oxygen atoms in total. The van der Waals surface area contributed by atoms with E-state index in [1.54, 1.807) is 19.3 Å². The smallest absolute Gasteiger partial charge is 0.191 e. The summed E-state index contributed by atoms with van der Waals surface area (Å²) in [6.45, 7) is 3.33. The van der Waals surface area contributed by atoms with Crippen LogP contribution in [0.3, 0.4) is 0 Å². The molecule has 0 saturated carbocycles. The summed E-state index contributed by atoms with van der Waals surface area (Å²) in [5, 5.41) is 10.8. The normalized spacial score (nSPS) is 11.4. The SMILES string of the molecule is CN=C(NCCc1ccc(F)cc1C)NCc1ccc(-n2cccn2)cc1. The second-order valence-electron chi connectivity index (χ2n) is 6.29. The van der Waals surface area contributed by atoms with E-state index < -0.39 is 0 Å². The Hall–Kier alpha value is -3.15. The van der Waals surface area contributed by atoms with Crippen molar-refractivity contribution in [2.24, 2.45) is 4.99 Å². The van der Waals surface area contributed by atoms with Crippen molar-refractivity contribution in [1.29, 1.82) is 0 Å². The molecule has 6 heteroatoms. The zero-order chi connectivity index (χ0) is 19.1. The van der Waals surface area contributed by atoms with Gasteiger partial charge in [-0.1, -0.05) is 18.2 Å². The van der Waals surface area contributed by atoms with E-state index in [0.717, 1.165) is 41.3 Å². The Kier molecular flexibility index (Phi) is 6.20. The Labute approximate surface area is 159 Å². The van der Waals surface area contributed by atoms with Crippen molar-refractivity contribution in [3.8, 4) is 5.69 Å². The van der Waals surface area contributed by atoms with Crippen molar-refractivity contribution in [3.05, 3.63) is 83.4 Å². The number of nitrogens with zero attached hydrogens (tertiary/aromatic N) is 3. The summed E-state index contributed by atoms with van der Waals surface area (Å²) in [5.41, 5.74) is 4.29. The van der Waals surface area contributed by atoms with Crippen LogP contribution in [0.1, 0.15) is 16.7 Å². The molecule has 0 bridgehead atoms. The van der Waals surface area contributed by atoms with Crippen LogP contribution >= 0.6 is 0 Å². The van der Waals surface area contributed by atoms with Crippen molar-refractivity contribution >= 4 is 5.96 Å². The van der Waals surface area contributed by atoms with Crippen LogP contribution in [0.2, 0.25) is 0 Å². The molecule has 3 rings (SSSR count). The van der Waals surface area contributed by atoms with Crippen LogP contribution in [0.4, 0.5) is 4.39 Å². The lowest BCUT2D eigenvalue weighted by molar-refractivity contribution is 0.625. The molecule has 2 N–H and O–H groups in total. The first-order chi connectivity index (χ1) is 13.2. The summed E-state index contributed by atoms with van der Waals surface area (Å²) < 4.78 is 15.0. The minimum absolute atomic E-state index is 0.194. The van der Waals surface area contributed by atoms with Gasteiger partial charge in [0.1, 0.15) is 5.82 Å². The van der Waals surface area contributed by atoms with Crippen LogP contribution < -0.4 is 10.6 Å². The fourth-order valence-corrected chi connectivity index (χ4v) is 2.85. The molecule has 0 saturated heterocycles. The van der Waals surface area contributed by atoms with Crippen LogP contribution in [0.5, 0.6) is 0 Å². The van der Waals surface area contributed by atoms with Gasteiger partial charge in [0, 0.05) is 32.5 Å². The molecule has 0 amide bonds. The number of aryl methyl sites for hydroxylation is 1. The number of halogens is 1. The molecule has 0 fully saturated rings. The standard InChI is InChI=1S/C21H24FN5/c1-16-14-19(22)7-6-18(16)10-12-24-21(23-2)25-15-17-4-8-20(9-5-17)27-13-3-11-26-27/h3-9,11,13-14H,10,12,15H2,1-2H3,(H2,23,24,25). The third-order valence-corrected chi connectivity index (χ3v) is 4.38. The highest BCUT2D eigenvalue weighted by Gasteiger charge is 2.03. The highest BCUT2D eigenvalue weighted by atomic mass is 19.1. The van der Waals surface area contributed by atoms with Gasteiger partial charge in [0.15, 0.2) is 5.96 Å². The van der Waals surface area contributed by atoms with Gasteiger partial charge in [0.25, 0.3) is 0 Å². The first-order valence-corrected chi connectivity index (χ1v) is 8.94. The summed E-state index contributed by atoms with van der Waals surface area (Å²) in [6.07, 6.45) is 4.49. The number of hydrogen-bond acceptors (Lipinski definition) is 2. The molecule has 0 spiro atoms. The van der Waals surface area contributed by atoms with E-state index in [0.29, 0.717) is 6.54 Å². The summed E-state index contributed by atoms with van der Waals surface area (Å²) >= 11 is 0. The maximum absolute atomic E-state index is 13.2. The predicted molar refractivity (Wildman–Crippen MR) is 107 cm³/mol. The van der Waals surface area contributed by atoms with Gasteiger partial charge < -0.3 is 10.6 Å². The second-order valence-corrected chi connectivity index (χ2v) is 6.29. The van der Waals surface area contributed by atoms with Gasteiger partial charge >= 0.3 is 0 Å². The zero-order valence-electron chi connectivity index (χ0n) is 15.6. The zero-order valence-corrected chi connectivity index (χ0v) is 15.6. The van der Waals surface area contributed by atoms with Gasteiger partial charge in [-0.3, -0.25) is 4.99 Å². The second kappa shape index (κ2) is 8.98. The van der Waals surface area contributed by atoms with Gasteiger partial charge in [0.05, 0.1) is 5.69 Å². The summed E-state index contributed by atoms with van der Waals surface area (Å²) in [6, 6.07) is 15.0. The molecule has 0 aliphatic carbocycles. The highest BCUT2D eigenvalue weighted by Crippen LogP contribution is 2.10. The maximum Gasteiger partial charge on any atom is 0.191 e. The van der Waals surface area contributed by atoms with Gasteiger partial charge in [-0.05, 0) is 60.4 Å². The highest BCUT2D eigenvalue weighted by molar-refractivity contribution is 5.79. The Morgan fingerprint density at radius 2 is 1.96 bits per heavy atom. The minimum Gasteiger partial charge on any atom is -0.356 e. The number of nitrogens with one attached hydrogen (secondary N) is 2. The number of benzene rings is 2. The lowest BCUT2D eigenvalue weighted by Gasteiger charge is -2.13. The van der Waals surface area contributed by atoms with Gasteiger partial charge in [-0.25, -0.2) is 9.07 Å². The third kappa shape index (κ3) is 5.17. The van der Waals surface area contributed by atoms with Gasteiger partial charge in [-0.15, -0.1) is 0 Å². The van der Waals surface area contributed by atoms with E-state index in [4.69, 9.17) is 0 Å². The van der Waals surface area contributed by atoms with Crippen molar-refractivity contribution in [3.63, 3.8) is 0 Å². The van der Waals surface area contributed by atoms with Crippen LogP contribution in [-0.2, 0) is 13.0 Å². The Balaban J connectivity index is 1.47. The van der Waals surface area contributed by atoms with E-state index in [-0.39, 0.29) is 5.82 Å². The molecule has 0 aliphatic rings. The van der Waals surface area contributed by atoms with E-state index in [2.05, 4.69) is 32.9 Å². The predicted octanol–water partition coefficient (Wildman–Crippen LogP) is 3.23. The maximum atomic E-state index is 13.2. The van der Waals surface area contributed by atoms with Crippen LogP contribution in [-0.4, -0.2) is 29.3 Å². The molecule has 3 aromatic rings. The Morgan fingerprint density at radius 1 is 1.15 bits per heavy atom. The molecule has 2 aromatic carbocycles. The largest absolute Gasteiger partial charge is 0.356 e. The molecular formula is C21H24FN5. The Bertz CT molecular complexity index is 885. The average Bonchev–Trinajstić information content (AvgIpc) is 3.21. The molecule has 1 aromatic heterocycles. The number of guanidine groups is 1. The monoisotopic (exact) mass is 365 g/mol. The number of hydrogen-bond donors (Lipinski definition) is 2. The molecule has 0 radical (unpaired) electrons. The molecule has 1 heterocycles. The van der Waals surface area contributed by atoms with Crippen LogP contribution in [0, 0.1) is 12.7 Å². The fraction of sp³-hybridized carbons (Fsp3) is 0.238. The van der Waals surface area contributed by atoms with Crippen molar-refractivity contribution < 1.29 is 4.39 Å². The summed E-state index contributed by atoms with van der Waals surface area (Å²) in [7, 11) is 1.75. The average molecular weight is 365 g/mol. The van der Waals surface area contributed by atoms with E-state index >= 15 is 0 Å². The number of rotatable bonds is 6. The number of aliphatic imine (C=N–C) groups is 1. The summed E-state index contributed by atoms with van der Waals surface area (Å²) in [5.74, 6) is 0.547. The minimum atomic E-state index is -0.194. The van der Waals surface area contributed by atoms with E-state index in [9.17, 15) is 4.39 Å². The lowest BCUT2D eigenvalue weighted by Crippen LogP contribution is -2.37. The Morgan fingerprint density at radius 3 is 2.63 bits per heavy atom. The van der Waals surface area contributed by atoms with E-state index in [1.807, 2.05) is 42.1 Å². The molecule has 0 aliphatic heterocycles. The van der Waals surface area contributed by atoms with Gasteiger partial charge in [-0.2, -0.15) is 5.10 Å². The molecular weight excluding hydrogens is 341 g/mol. The van der Waals surface area contributed by atoms with Crippen LogP contribution in [0.25, 0.3) is 5.69 Å². The quantitative estimate of drug-likeness (QED) is 0.521. The lowest BCUT2D eigenvalue weighted by atomic mass is 10.1. The van der Waals surface area contributed by atoms with Crippen molar-refractivity contribution in [1.82, 2.24) is 20.4 Å². The first-order valence-electron chi connectivity index (χ1n) is 8.94. The van der Waals surface area contributed by atoms with Crippen LogP contribution in [0.15, 0.2) is 65.9 Å². The first kappa shape index (κ1) is 18.6. The number of aromatic nitrogens is 2. The van der Waals surface area contributed by atoms with Crippen molar-refractivity contribution in [2.45, 2.75) is 19.9 Å². The van der Waals surface area contributed by atoms with Crippen molar-refractivity contribution in [2.75, 3.05) is 13.6 Å². The molecule has 27 heavy (non-hydrogen) atoms. The summed E-state index contributed by atoms with van der Waals surface area (Å²) in [4.78, 5) is 4.25. The fourth-order valence-electron chi connectivity index (χ4n) is 2.85. The van der Waals surface area contributed by atoms with E-state index in [1.165, 1.54) is 6.07 Å². The third-order valence-electron chi connectivity index (χ3n) is 4.38. The molecule has 0 atom stereocenters.